The fourth-order valence-electron chi connectivity index (χ4n) is 1.52. The van der Waals surface area contributed by atoms with Crippen LogP contribution in [-0.2, 0) is 11.3 Å². The van der Waals surface area contributed by atoms with Crippen molar-refractivity contribution in [3.8, 4) is 11.4 Å². The summed E-state index contributed by atoms with van der Waals surface area (Å²) in [6, 6.07) is 4.15. The Morgan fingerprint density at radius 2 is 2.29 bits per heavy atom. The van der Waals surface area contributed by atoms with E-state index in [-0.39, 0.29) is 12.1 Å². The second-order valence-electron chi connectivity index (χ2n) is 3.47. The summed E-state index contributed by atoms with van der Waals surface area (Å²) in [7, 11) is 0. The lowest BCUT2D eigenvalue weighted by Crippen LogP contribution is -2.18. The van der Waals surface area contributed by atoms with Gasteiger partial charge < -0.3 is 10.3 Å². The number of primary amides is 1. The topological polar surface area (TPSA) is 60.9 Å². The summed E-state index contributed by atoms with van der Waals surface area (Å²) in [5.41, 5.74) is 5.33. The molecule has 17 heavy (non-hydrogen) atoms. The molecule has 2 N–H and O–H groups in total. The highest BCUT2D eigenvalue weighted by atomic mass is 35.5. The van der Waals surface area contributed by atoms with Crippen LogP contribution in [0.15, 0.2) is 30.6 Å². The van der Waals surface area contributed by atoms with E-state index in [1.165, 1.54) is 29.0 Å². The van der Waals surface area contributed by atoms with Crippen molar-refractivity contribution >= 4 is 17.5 Å². The van der Waals surface area contributed by atoms with Crippen molar-refractivity contribution in [1.29, 1.82) is 0 Å². The van der Waals surface area contributed by atoms with Gasteiger partial charge in [-0.05, 0) is 18.2 Å². The van der Waals surface area contributed by atoms with Crippen molar-refractivity contribution in [2.24, 2.45) is 5.73 Å². The van der Waals surface area contributed by atoms with Gasteiger partial charge in [0, 0.05) is 17.4 Å². The first kappa shape index (κ1) is 11.6. The summed E-state index contributed by atoms with van der Waals surface area (Å²) in [5.74, 6) is -0.651. The lowest BCUT2D eigenvalue weighted by atomic mass is 10.2. The molecule has 0 saturated carbocycles. The summed E-state index contributed by atoms with van der Waals surface area (Å²) >= 11 is 5.80. The molecule has 1 amide bonds. The molecule has 0 atom stereocenters. The second-order valence-corrected chi connectivity index (χ2v) is 3.91. The van der Waals surface area contributed by atoms with Gasteiger partial charge in [-0.25, -0.2) is 9.37 Å². The number of imidazole rings is 1. The van der Waals surface area contributed by atoms with Gasteiger partial charge in [-0.3, -0.25) is 4.79 Å². The van der Waals surface area contributed by atoms with Crippen LogP contribution in [0.2, 0.25) is 5.02 Å². The van der Waals surface area contributed by atoms with Crippen LogP contribution in [0, 0.1) is 5.82 Å². The van der Waals surface area contributed by atoms with Crippen molar-refractivity contribution in [3.05, 3.63) is 41.4 Å². The van der Waals surface area contributed by atoms with E-state index in [4.69, 9.17) is 17.3 Å². The Balaban J connectivity index is 2.49. The van der Waals surface area contributed by atoms with Crippen molar-refractivity contribution in [3.63, 3.8) is 0 Å². The van der Waals surface area contributed by atoms with E-state index in [1.54, 1.807) is 6.20 Å². The molecule has 0 spiro atoms. The van der Waals surface area contributed by atoms with Crippen LogP contribution in [0.3, 0.4) is 0 Å². The molecule has 0 aliphatic carbocycles. The molecule has 1 aromatic heterocycles. The molecule has 0 saturated heterocycles. The Bertz CT molecular complexity index is 568. The molecule has 1 aromatic carbocycles. The highest BCUT2D eigenvalue weighted by molar-refractivity contribution is 6.30. The van der Waals surface area contributed by atoms with Crippen LogP contribution in [0.4, 0.5) is 4.39 Å². The van der Waals surface area contributed by atoms with E-state index in [9.17, 15) is 9.18 Å². The zero-order valence-electron chi connectivity index (χ0n) is 8.73. The first-order chi connectivity index (χ1) is 8.08. The molecule has 0 bridgehead atoms. The number of carbonyl (C=O) groups excluding carboxylic acids is 1. The van der Waals surface area contributed by atoms with Gasteiger partial charge >= 0.3 is 0 Å². The summed E-state index contributed by atoms with van der Waals surface area (Å²) in [4.78, 5) is 14.9. The van der Waals surface area contributed by atoms with Crippen molar-refractivity contribution in [2.45, 2.75) is 6.54 Å². The molecular formula is C11H9ClFN3O. The molecule has 0 aliphatic rings. The van der Waals surface area contributed by atoms with E-state index >= 15 is 0 Å². The molecule has 2 rings (SSSR count). The Kier molecular flexibility index (Phi) is 3.10. The number of benzene rings is 1. The molecule has 4 nitrogen and oxygen atoms in total. The fraction of sp³-hybridized carbons (Fsp3) is 0.0909. The highest BCUT2D eigenvalue weighted by Gasteiger charge is 2.12. The summed E-state index contributed by atoms with van der Waals surface area (Å²) in [6.07, 6.45) is 3.03. The number of rotatable bonds is 3. The smallest absolute Gasteiger partial charge is 0.237 e. The van der Waals surface area contributed by atoms with Crippen LogP contribution in [0.25, 0.3) is 11.4 Å². The molecule has 6 heteroatoms. The zero-order valence-corrected chi connectivity index (χ0v) is 9.49. The molecule has 0 unspecified atom stereocenters. The van der Waals surface area contributed by atoms with E-state index in [0.717, 1.165) is 0 Å². The molecular weight excluding hydrogens is 245 g/mol. The van der Waals surface area contributed by atoms with E-state index in [1.807, 2.05) is 0 Å². The summed E-state index contributed by atoms with van der Waals surface area (Å²) in [5, 5.41) is 0.398. The number of nitrogens with zero attached hydrogens (tertiary/aromatic N) is 2. The number of hydrogen-bond donors (Lipinski definition) is 1. The predicted molar refractivity (Wildman–Crippen MR) is 61.8 cm³/mol. The van der Waals surface area contributed by atoms with Gasteiger partial charge in [-0.1, -0.05) is 11.6 Å². The third-order valence-electron chi connectivity index (χ3n) is 2.21. The number of nitrogens with two attached hydrogens (primary N) is 1. The normalized spacial score (nSPS) is 10.5. The Morgan fingerprint density at radius 1 is 1.53 bits per heavy atom. The molecule has 88 valence electrons. The van der Waals surface area contributed by atoms with E-state index in [0.29, 0.717) is 10.8 Å². The van der Waals surface area contributed by atoms with Crippen LogP contribution in [0.1, 0.15) is 0 Å². The molecule has 1 heterocycles. The maximum absolute atomic E-state index is 13.6. The highest BCUT2D eigenvalue weighted by Crippen LogP contribution is 2.24. The van der Waals surface area contributed by atoms with E-state index in [2.05, 4.69) is 4.98 Å². The lowest BCUT2D eigenvalue weighted by molar-refractivity contribution is -0.118. The minimum Gasteiger partial charge on any atom is -0.368 e. The van der Waals surface area contributed by atoms with E-state index < -0.39 is 11.7 Å². The average molecular weight is 254 g/mol. The maximum atomic E-state index is 13.6. The van der Waals surface area contributed by atoms with Gasteiger partial charge in [0.05, 0.1) is 5.56 Å². The summed E-state index contributed by atoms with van der Waals surface area (Å²) < 4.78 is 15.1. The predicted octanol–water partition coefficient (Wildman–Crippen LogP) is 1.83. The van der Waals surface area contributed by atoms with Gasteiger partial charge in [0.1, 0.15) is 18.2 Å². The number of carbonyl (C=O) groups is 1. The van der Waals surface area contributed by atoms with Crippen LogP contribution in [0.5, 0.6) is 0 Å². The maximum Gasteiger partial charge on any atom is 0.237 e. The van der Waals surface area contributed by atoms with Crippen LogP contribution >= 0.6 is 11.6 Å². The number of amides is 1. The lowest BCUT2D eigenvalue weighted by Gasteiger charge is -2.06. The second kappa shape index (κ2) is 4.55. The quantitative estimate of drug-likeness (QED) is 0.907. The number of halogens is 2. The largest absolute Gasteiger partial charge is 0.368 e. The van der Waals surface area contributed by atoms with Gasteiger partial charge in [-0.2, -0.15) is 0 Å². The standard InChI is InChI=1S/C11H9ClFN3O/c12-7-1-2-9(13)8(5-7)11-15-3-4-16(11)6-10(14)17/h1-5H,6H2,(H2,14,17). The number of aromatic nitrogens is 2. The Labute approximate surface area is 102 Å². The van der Waals surface area contributed by atoms with Gasteiger partial charge in [0.15, 0.2) is 0 Å². The molecule has 0 aliphatic heterocycles. The van der Waals surface area contributed by atoms with Crippen molar-refractivity contribution < 1.29 is 9.18 Å². The molecule has 0 radical (unpaired) electrons. The van der Waals surface area contributed by atoms with Crippen molar-refractivity contribution in [1.82, 2.24) is 9.55 Å². The SMILES string of the molecule is NC(=O)Cn1ccnc1-c1cc(Cl)ccc1F. The zero-order chi connectivity index (χ0) is 12.4. The monoisotopic (exact) mass is 253 g/mol. The van der Waals surface area contributed by atoms with Gasteiger partial charge in [0.2, 0.25) is 5.91 Å². The van der Waals surface area contributed by atoms with Gasteiger partial charge in [0.25, 0.3) is 0 Å². The Hall–Kier alpha value is -1.88. The summed E-state index contributed by atoms with van der Waals surface area (Å²) in [6.45, 7) is -0.0543. The molecule has 2 aromatic rings. The first-order valence-electron chi connectivity index (χ1n) is 4.83. The Morgan fingerprint density at radius 3 is 3.00 bits per heavy atom. The minimum atomic E-state index is -0.522. The van der Waals surface area contributed by atoms with Crippen LogP contribution in [-0.4, -0.2) is 15.5 Å². The van der Waals surface area contributed by atoms with Gasteiger partial charge in [-0.15, -0.1) is 0 Å². The van der Waals surface area contributed by atoms with Crippen molar-refractivity contribution in [2.75, 3.05) is 0 Å². The third-order valence-corrected chi connectivity index (χ3v) is 2.45. The van der Waals surface area contributed by atoms with Crippen LogP contribution < -0.4 is 5.73 Å². The third kappa shape index (κ3) is 2.45. The average Bonchev–Trinajstić information content (AvgIpc) is 2.69. The first-order valence-corrected chi connectivity index (χ1v) is 5.20. The minimum absolute atomic E-state index is 0.0543. The number of hydrogen-bond acceptors (Lipinski definition) is 2. The molecule has 0 fully saturated rings. The fourth-order valence-corrected chi connectivity index (χ4v) is 1.69.